The maximum atomic E-state index is 11.2. The third-order valence-electron chi connectivity index (χ3n) is 3.56. The van der Waals surface area contributed by atoms with Crippen molar-refractivity contribution in [1.82, 2.24) is 4.98 Å². The van der Waals surface area contributed by atoms with Crippen LogP contribution in [0.1, 0.15) is 12.8 Å². The number of nitrogen functional groups attached to an aromatic ring is 1. The first-order chi connectivity index (χ1) is 11.5. The lowest BCUT2D eigenvalue weighted by Crippen LogP contribution is -2.08. The van der Waals surface area contributed by atoms with Crippen LogP contribution < -0.4 is 20.5 Å². The fourth-order valence-corrected chi connectivity index (χ4v) is 2.95. The number of pyridine rings is 1. The number of hydrogen-bond acceptors (Lipinski definition) is 7. The fraction of sp³-hybridized carbons (Fsp3) is 0.375. The van der Waals surface area contributed by atoms with Crippen molar-refractivity contribution < 1.29 is 19.0 Å². The van der Waals surface area contributed by atoms with Gasteiger partial charge in [-0.3, -0.25) is 4.79 Å². The van der Waals surface area contributed by atoms with Crippen molar-refractivity contribution in [2.75, 3.05) is 38.9 Å². The second-order valence-corrected chi connectivity index (χ2v) is 5.87. The number of esters is 1. The number of rotatable bonds is 7. The largest absolute Gasteiger partial charge is 0.493 e. The number of methoxy groups -OCH3 is 3. The van der Waals surface area contributed by atoms with Gasteiger partial charge < -0.3 is 25.3 Å². The van der Waals surface area contributed by atoms with Gasteiger partial charge in [-0.05, 0) is 22.4 Å². The Balaban J connectivity index is 2.41. The minimum Gasteiger partial charge on any atom is -0.493 e. The smallest absolute Gasteiger partial charge is 0.305 e. The van der Waals surface area contributed by atoms with E-state index < -0.39 is 0 Å². The summed E-state index contributed by atoms with van der Waals surface area (Å²) < 4.78 is 16.3. The van der Waals surface area contributed by atoms with Gasteiger partial charge in [0, 0.05) is 40.8 Å². The predicted octanol–water partition coefficient (Wildman–Crippen LogP) is 2.96. The summed E-state index contributed by atoms with van der Waals surface area (Å²) in [5.74, 6) is 1.44. The molecule has 2 rings (SSSR count). The molecule has 2 aromatic rings. The van der Waals surface area contributed by atoms with Crippen molar-refractivity contribution in [3.63, 3.8) is 0 Å². The van der Waals surface area contributed by atoms with Crippen molar-refractivity contribution in [2.45, 2.75) is 12.8 Å². The van der Waals surface area contributed by atoms with E-state index in [0.717, 1.165) is 15.2 Å². The standard InChI is InChI=1S/C16H20BrN3O4/c1-22-11-7-10(18)13-9(17)8-20-16(14(13)15(11)24-3)19-6-4-5-12(21)23-2/h7-8H,4-6,18H2,1-3H3,(H,19,20). The predicted molar refractivity (Wildman–Crippen MR) is 96.7 cm³/mol. The highest BCUT2D eigenvalue weighted by atomic mass is 79.9. The molecule has 0 bridgehead atoms. The van der Waals surface area contributed by atoms with Crippen LogP contribution in [0.4, 0.5) is 11.5 Å². The highest BCUT2D eigenvalue weighted by Gasteiger charge is 2.18. The van der Waals surface area contributed by atoms with Crippen LogP contribution in [0.15, 0.2) is 16.7 Å². The molecule has 1 aromatic heterocycles. The summed E-state index contributed by atoms with van der Waals surface area (Å²) >= 11 is 3.47. The van der Waals surface area contributed by atoms with E-state index in [-0.39, 0.29) is 5.97 Å². The van der Waals surface area contributed by atoms with Crippen LogP contribution in [0, 0.1) is 0 Å². The van der Waals surface area contributed by atoms with Crippen LogP contribution in [-0.2, 0) is 9.53 Å². The first-order valence-electron chi connectivity index (χ1n) is 7.32. The number of nitrogens with two attached hydrogens (primary N) is 1. The Morgan fingerprint density at radius 3 is 2.67 bits per heavy atom. The molecule has 0 saturated heterocycles. The van der Waals surface area contributed by atoms with Gasteiger partial charge in [-0.1, -0.05) is 0 Å². The molecule has 130 valence electrons. The molecule has 0 radical (unpaired) electrons. The van der Waals surface area contributed by atoms with Gasteiger partial charge in [-0.25, -0.2) is 4.98 Å². The van der Waals surface area contributed by atoms with Gasteiger partial charge in [0.2, 0.25) is 0 Å². The summed E-state index contributed by atoms with van der Waals surface area (Å²) in [4.78, 5) is 15.6. The molecule has 24 heavy (non-hydrogen) atoms. The minimum atomic E-state index is -0.242. The molecule has 0 spiro atoms. The Kier molecular flexibility index (Phi) is 6.08. The van der Waals surface area contributed by atoms with Crippen LogP contribution >= 0.6 is 15.9 Å². The summed E-state index contributed by atoms with van der Waals surface area (Å²) in [7, 11) is 4.49. The molecule has 0 saturated carbocycles. The number of hydrogen-bond donors (Lipinski definition) is 2. The first-order valence-corrected chi connectivity index (χ1v) is 8.12. The van der Waals surface area contributed by atoms with Gasteiger partial charge in [0.15, 0.2) is 11.5 Å². The molecule has 1 aromatic carbocycles. The molecule has 0 unspecified atom stereocenters. The summed E-state index contributed by atoms with van der Waals surface area (Å²) in [5.41, 5.74) is 6.71. The molecule has 0 aliphatic carbocycles. The summed E-state index contributed by atoms with van der Waals surface area (Å²) in [6.45, 7) is 0.555. The Labute approximate surface area is 148 Å². The average molecular weight is 398 g/mol. The summed E-state index contributed by atoms with van der Waals surface area (Å²) in [5, 5.41) is 4.73. The van der Waals surface area contributed by atoms with E-state index in [1.54, 1.807) is 26.5 Å². The maximum absolute atomic E-state index is 11.2. The Morgan fingerprint density at radius 2 is 2.04 bits per heavy atom. The highest BCUT2D eigenvalue weighted by molar-refractivity contribution is 9.10. The second kappa shape index (κ2) is 8.05. The first kappa shape index (κ1) is 18.1. The van der Waals surface area contributed by atoms with E-state index in [9.17, 15) is 4.79 Å². The number of carbonyl (C=O) groups is 1. The lowest BCUT2D eigenvalue weighted by Gasteiger charge is -2.17. The number of nitrogens with zero attached hydrogens (tertiary/aromatic N) is 1. The molecule has 0 aliphatic rings. The average Bonchev–Trinajstić information content (AvgIpc) is 2.59. The fourth-order valence-electron chi connectivity index (χ4n) is 2.42. The van der Waals surface area contributed by atoms with Crippen molar-refractivity contribution in [3.8, 4) is 11.5 Å². The molecule has 1 heterocycles. The van der Waals surface area contributed by atoms with E-state index in [0.29, 0.717) is 42.4 Å². The SMILES string of the molecule is COC(=O)CCCNc1ncc(Br)c2c(N)cc(OC)c(OC)c12. The van der Waals surface area contributed by atoms with Gasteiger partial charge >= 0.3 is 5.97 Å². The van der Waals surface area contributed by atoms with Crippen molar-refractivity contribution in [1.29, 1.82) is 0 Å². The third-order valence-corrected chi connectivity index (χ3v) is 4.16. The molecular formula is C16H20BrN3O4. The minimum absolute atomic E-state index is 0.242. The number of anilines is 2. The maximum Gasteiger partial charge on any atom is 0.305 e. The quantitative estimate of drug-likeness (QED) is 0.421. The van der Waals surface area contributed by atoms with Gasteiger partial charge in [0.05, 0.1) is 26.7 Å². The summed E-state index contributed by atoms with van der Waals surface area (Å²) in [6, 6.07) is 1.72. The number of halogens is 1. The highest BCUT2D eigenvalue weighted by Crippen LogP contribution is 2.44. The molecule has 0 amide bonds. The zero-order valence-electron chi connectivity index (χ0n) is 13.8. The zero-order valence-corrected chi connectivity index (χ0v) is 15.4. The van der Waals surface area contributed by atoms with E-state index in [2.05, 4.69) is 31.0 Å². The van der Waals surface area contributed by atoms with Crippen LogP contribution in [0.5, 0.6) is 11.5 Å². The topological polar surface area (TPSA) is 95.7 Å². The zero-order chi connectivity index (χ0) is 17.7. The number of aromatic nitrogens is 1. The molecule has 3 N–H and O–H groups in total. The van der Waals surface area contributed by atoms with Crippen LogP contribution in [0.25, 0.3) is 10.8 Å². The Hall–Kier alpha value is -2.22. The van der Waals surface area contributed by atoms with E-state index in [1.165, 1.54) is 7.11 Å². The Morgan fingerprint density at radius 1 is 1.29 bits per heavy atom. The van der Waals surface area contributed by atoms with Crippen LogP contribution in [0.3, 0.4) is 0 Å². The number of benzene rings is 1. The van der Waals surface area contributed by atoms with E-state index >= 15 is 0 Å². The molecular weight excluding hydrogens is 378 g/mol. The number of fused-ring (bicyclic) bond motifs is 1. The van der Waals surface area contributed by atoms with Crippen molar-refractivity contribution in [3.05, 3.63) is 16.7 Å². The van der Waals surface area contributed by atoms with Crippen molar-refractivity contribution >= 4 is 44.2 Å². The van der Waals surface area contributed by atoms with Gasteiger partial charge in [0.25, 0.3) is 0 Å². The molecule has 0 atom stereocenters. The van der Waals surface area contributed by atoms with Gasteiger partial charge in [-0.15, -0.1) is 0 Å². The number of ether oxygens (including phenoxy) is 3. The molecule has 0 aliphatic heterocycles. The lowest BCUT2D eigenvalue weighted by molar-refractivity contribution is -0.140. The van der Waals surface area contributed by atoms with Crippen LogP contribution in [-0.4, -0.2) is 38.8 Å². The van der Waals surface area contributed by atoms with E-state index in [4.69, 9.17) is 15.2 Å². The molecule has 7 nitrogen and oxygen atoms in total. The molecule has 0 fully saturated rings. The van der Waals surface area contributed by atoms with E-state index in [1.807, 2.05) is 0 Å². The normalized spacial score (nSPS) is 10.5. The second-order valence-electron chi connectivity index (χ2n) is 5.01. The monoisotopic (exact) mass is 397 g/mol. The lowest BCUT2D eigenvalue weighted by atomic mass is 10.1. The van der Waals surface area contributed by atoms with Crippen LogP contribution in [0.2, 0.25) is 0 Å². The number of nitrogens with one attached hydrogen (secondary N) is 1. The third kappa shape index (κ3) is 3.64. The van der Waals surface area contributed by atoms with Gasteiger partial charge in [0.1, 0.15) is 5.82 Å². The number of carbonyl (C=O) groups excluding carboxylic acids is 1. The molecule has 8 heteroatoms. The van der Waals surface area contributed by atoms with Crippen molar-refractivity contribution in [2.24, 2.45) is 0 Å². The van der Waals surface area contributed by atoms with Gasteiger partial charge in [-0.2, -0.15) is 0 Å². The Bertz CT molecular complexity index is 752. The summed E-state index contributed by atoms with van der Waals surface area (Å²) in [6.07, 6.45) is 2.63.